The zero-order valence-electron chi connectivity index (χ0n) is 17.1. The molecule has 0 saturated carbocycles. The van der Waals surface area contributed by atoms with E-state index in [1.165, 1.54) is 24.4 Å². The van der Waals surface area contributed by atoms with E-state index in [2.05, 4.69) is 4.99 Å². The Bertz CT molecular complexity index is 1020. The molecule has 0 atom stereocenters. The summed E-state index contributed by atoms with van der Waals surface area (Å²) in [6.07, 6.45) is -2.63. The number of carbonyl (C=O) groups excluding carboxylic acids is 1. The smallest absolute Gasteiger partial charge is 0.422 e. The third kappa shape index (κ3) is 5.83. The van der Waals surface area contributed by atoms with Gasteiger partial charge in [-0.2, -0.15) is 13.2 Å². The van der Waals surface area contributed by atoms with Crippen molar-refractivity contribution < 1.29 is 31.5 Å². The number of likely N-dealkylation sites (N-methyl/N-ethyl adjacent to an activating group) is 1. The minimum absolute atomic E-state index is 0.141. The molecular weight excluding hydrogens is 433 g/mol. The number of benzene rings is 2. The number of hydrogen-bond donors (Lipinski definition) is 0. The first kappa shape index (κ1) is 23.2. The summed E-state index contributed by atoms with van der Waals surface area (Å²) in [6.45, 7) is -0.990. The molecule has 0 fully saturated rings. The summed E-state index contributed by atoms with van der Waals surface area (Å²) in [4.78, 5) is 19.3. The van der Waals surface area contributed by atoms with E-state index >= 15 is 0 Å². The topological polar surface area (TPSA) is 45.1 Å². The number of nitrogens with zero attached hydrogens (tertiary/aromatic N) is 3. The molecule has 1 aliphatic heterocycles. The summed E-state index contributed by atoms with van der Waals surface area (Å²) in [5.41, 5.74) is 1.46. The molecule has 0 radical (unpaired) electrons. The summed E-state index contributed by atoms with van der Waals surface area (Å²) < 4.78 is 70.1. The van der Waals surface area contributed by atoms with Crippen LogP contribution in [-0.4, -0.2) is 52.0 Å². The lowest BCUT2D eigenvalue weighted by Crippen LogP contribution is -2.34. The van der Waals surface area contributed by atoms with Gasteiger partial charge in [-0.15, -0.1) is 0 Å². The molecule has 0 aromatic heterocycles. The monoisotopic (exact) mass is 453 g/mol. The van der Waals surface area contributed by atoms with Crippen LogP contribution in [0.4, 0.5) is 33.3 Å². The lowest BCUT2D eigenvalue weighted by atomic mass is 10.1. The Kier molecular flexibility index (Phi) is 7.12. The highest BCUT2D eigenvalue weighted by atomic mass is 19.4. The van der Waals surface area contributed by atoms with Gasteiger partial charge in [-0.05, 0) is 36.4 Å². The predicted octanol–water partition coefficient (Wildman–Crippen LogP) is 4.39. The van der Waals surface area contributed by atoms with Gasteiger partial charge in [0, 0.05) is 37.3 Å². The highest BCUT2D eigenvalue weighted by molar-refractivity contribution is 6.04. The fraction of sp³-hybridized carbons (Fsp3) is 0.273. The van der Waals surface area contributed by atoms with Crippen LogP contribution >= 0.6 is 0 Å². The maximum absolute atomic E-state index is 13.8. The van der Waals surface area contributed by atoms with Crippen LogP contribution < -0.4 is 14.5 Å². The number of aldehydes is 1. The Balaban J connectivity index is 2.00. The van der Waals surface area contributed by atoms with Gasteiger partial charge in [-0.25, -0.2) is 8.78 Å². The van der Waals surface area contributed by atoms with Crippen molar-refractivity contribution in [3.05, 3.63) is 65.4 Å². The van der Waals surface area contributed by atoms with Crippen LogP contribution in [0.25, 0.3) is 0 Å². The minimum Gasteiger partial charge on any atom is -0.482 e. The van der Waals surface area contributed by atoms with Crippen molar-refractivity contribution in [2.24, 2.45) is 4.99 Å². The summed E-state index contributed by atoms with van der Waals surface area (Å²) >= 11 is 0. The van der Waals surface area contributed by atoms with Crippen molar-refractivity contribution in [1.82, 2.24) is 0 Å². The van der Waals surface area contributed by atoms with E-state index < -0.39 is 24.4 Å². The maximum Gasteiger partial charge on any atom is 0.422 e. The molecule has 10 heteroatoms. The number of ether oxygens (including phenoxy) is 1. The van der Waals surface area contributed by atoms with Gasteiger partial charge in [0.15, 0.2) is 12.9 Å². The molecule has 0 amide bonds. The number of halogens is 5. The Hall–Kier alpha value is -3.43. The van der Waals surface area contributed by atoms with E-state index in [4.69, 9.17) is 4.74 Å². The number of allylic oxidation sites excluding steroid dienone is 1. The van der Waals surface area contributed by atoms with E-state index in [0.29, 0.717) is 17.7 Å². The lowest BCUT2D eigenvalue weighted by Gasteiger charge is -2.32. The third-order valence-corrected chi connectivity index (χ3v) is 4.73. The molecule has 1 aliphatic rings. The largest absolute Gasteiger partial charge is 0.482 e. The van der Waals surface area contributed by atoms with Gasteiger partial charge in [0.1, 0.15) is 17.4 Å². The molecule has 2 aromatic rings. The van der Waals surface area contributed by atoms with E-state index in [-0.39, 0.29) is 36.6 Å². The highest BCUT2D eigenvalue weighted by Crippen LogP contribution is 2.34. The third-order valence-electron chi connectivity index (χ3n) is 4.73. The van der Waals surface area contributed by atoms with Crippen molar-refractivity contribution in [3.8, 4) is 5.75 Å². The molecule has 170 valence electrons. The molecule has 0 saturated heterocycles. The Morgan fingerprint density at radius 1 is 1.12 bits per heavy atom. The normalized spacial score (nSPS) is 14.4. The molecule has 0 bridgehead atoms. The number of carbonyl (C=O) groups is 1. The fourth-order valence-corrected chi connectivity index (χ4v) is 3.22. The van der Waals surface area contributed by atoms with E-state index in [0.717, 1.165) is 12.1 Å². The zero-order valence-corrected chi connectivity index (χ0v) is 17.1. The highest BCUT2D eigenvalue weighted by Gasteiger charge is 2.30. The van der Waals surface area contributed by atoms with E-state index in [1.54, 1.807) is 29.0 Å². The summed E-state index contributed by atoms with van der Waals surface area (Å²) in [5.74, 6) is -1.48. The zero-order chi connectivity index (χ0) is 23.3. The van der Waals surface area contributed by atoms with Crippen molar-refractivity contribution in [2.75, 3.05) is 43.1 Å². The summed E-state index contributed by atoms with van der Waals surface area (Å²) in [5, 5.41) is 0. The standard InChI is InChI=1S/C22H20F5N3O2/c1-29(18-5-2-16(23)3-6-18)12-20-15(13-31)11-28-8-9-30(20)19-7-4-17(24)10-21(19)32-14-22(25,26)27/h2-7,10-11,13H,8-9,12,14H2,1H3. The molecule has 3 rings (SSSR count). The van der Waals surface area contributed by atoms with Crippen molar-refractivity contribution >= 4 is 23.9 Å². The van der Waals surface area contributed by atoms with Gasteiger partial charge >= 0.3 is 6.18 Å². The molecule has 0 aliphatic carbocycles. The van der Waals surface area contributed by atoms with Crippen LogP contribution in [0.2, 0.25) is 0 Å². The average molecular weight is 453 g/mol. The molecular formula is C22H20F5N3O2. The van der Waals surface area contributed by atoms with Crippen molar-refractivity contribution in [2.45, 2.75) is 6.18 Å². The average Bonchev–Trinajstić information content (AvgIpc) is 2.94. The van der Waals surface area contributed by atoms with Gasteiger partial charge in [0.25, 0.3) is 0 Å². The quantitative estimate of drug-likeness (QED) is 0.461. The van der Waals surface area contributed by atoms with E-state index in [1.807, 2.05) is 0 Å². The second-order valence-corrected chi connectivity index (χ2v) is 7.06. The lowest BCUT2D eigenvalue weighted by molar-refractivity contribution is -0.153. The van der Waals surface area contributed by atoms with Crippen LogP contribution in [0.15, 0.2) is 58.7 Å². The molecule has 0 N–H and O–H groups in total. The maximum atomic E-state index is 13.8. The first-order chi connectivity index (χ1) is 15.2. The molecule has 0 spiro atoms. The van der Waals surface area contributed by atoms with Crippen molar-refractivity contribution in [3.63, 3.8) is 0 Å². The van der Waals surface area contributed by atoms with Gasteiger partial charge in [-0.1, -0.05) is 0 Å². The van der Waals surface area contributed by atoms with Crippen LogP contribution in [0, 0.1) is 11.6 Å². The Morgan fingerprint density at radius 2 is 1.81 bits per heavy atom. The van der Waals surface area contributed by atoms with Gasteiger partial charge in [0.05, 0.1) is 24.4 Å². The molecule has 0 unspecified atom stereocenters. The predicted molar refractivity (Wildman–Crippen MR) is 111 cm³/mol. The number of anilines is 2. The van der Waals surface area contributed by atoms with Crippen molar-refractivity contribution in [1.29, 1.82) is 0 Å². The minimum atomic E-state index is -4.61. The number of rotatable bonds is 7. The molecule has 32 heavy (non-hydrogen) atoms. The van der Waals surface area contributed by atoms with Gasteiger partial charge in [0.2, 0.25) is 0 Å². The van der Waals surface area contributed by atoms with Crippen LogP contribution in [0.1, 0.15) is 0 Å². The SMILES string of the molecule is CN(CC1=C(C=O)C=NCCN1c1ccc(F)cc1OCC(F)(F)F)c1ccc(F)cc1. The van der Waals surface area contributed by atoms with Crippen LogP contribution in [0.3, 0.4) is 0 Å². The summed E-state index contributed by atoms with van der Waals surface area (Å²) in [6, 6.07) is 8.96. The first-order valence-electron chi connectivity index (χ1n) is 9.59. The van der Waals surface area contributed by atoms with Gasteiger partial charge in [-0.3, -0.25) is 9.79 Å². The second kappa shape index (κ2) is 9.80. The van der Waals surface area contributed by atoms with Gasteiger partial charge < -0.3 is 14.5 Å². The molecule has 1 heterocycles. The fourth-order valence-electron chi connectivity index (χ4n) is 3.22. The Morgan fingerprint density at radius 3 is 2.47 bits per heavy atom. The van der Waals surface area contributed by atoms with E-state index in [9.17, 15) is 26.7 Å². The number of alkyl halides is 3. The Labute approximate surface area is 181 Å². The summed E-state index contributed by atoms with van der Waals surface area (Å²) in [7, 11) is 1.72. The van der Waals surface area contributed by atoms with Crippen LogP contribution in [-0.2, 0) is 4.79 Å². The molecule has 2 aromatic carbocycles. The first-order valence-corrected chi connectivity index (χ1v) is 9.59. The molecule has 5 nitrogen and oxygen atoms in total. The number of aliphatic imine (C=N–C) groups is 1. The van der Waals surface area contributed by atoms with Crippen LogP contribution in [0.5, 0.6) is 5.75 Å². The second-order valence-electron chi connectivity index (χ2n) is 7.06. The number of hydrogen-bond acceptors (Lipinski definition) is 5.